The van der Waals surface area contributed by atoms with E-state index in [-0.39, 0.29) is 17.3 Å². The molecule has 1 heterocycles. The lowest BCUT2D eigenvalue weighted by atomic mass is 9.92. The number of amides is 1. The van der Waals surface area contributed by atoms with Crippen LogP contribution in [0.3, 0.4) is 0 Å². The van der Waals surface area contributed by atoms with Crippen molar-refractivity contribution in [3.63, 3.8) is 0 Å². The number of nitrogens with zero attached hydrogens (tertiary/aromatic N) is 1. The monoisotopic (exact) mass is 463 g/mol. The molecule has 1 aliphatic heterocycles. The molecule has 34 heavy (non-hydrogen) atoms. The van der Waals surface area contributed by atoms with Crippen LogP contribution < -0.4 is 4.74 Å². The lowest BCUT2D eigenvalue weighted by molar-refractivity contribution is -0.139. The van der Waals surface area contributed by atoms with Gasteiger partial charge in [0.2, 0.25) is 0 Å². The Bertz CT molecular complexity index is 1050. The van der Waals surface area contributed by atoms with Gasteiger partial charge in [-0.25, -0.2) is 0 Å². The Kier molecular flexibility index (Phi) is 8.54. The number of carbonyl (C=O) groups is 2. The topological polar surface area (TPSA) is 66.8 Å². The number of likely N-dealkylation sites (tertiary alicyclic amines) is 1. The number of aryl methyl sites for hydroxylation is 1. The largest absolute Gasteiger partial charge is 0.507 e. The quantitative estimate of drug-likeness (QED) is 0.192. The summed E-state index contributed by atoms with van der Waals surface area (Å²) in [7, 11) is 0. The van der Waals surface area contributed by atoms with Crippen molar-refractivity contribution in [1.82, 2.24) is 4.90 Å². The molecule has 1 fully saturated rings. The van der Waals surface area contributed by atoms with Crippen molar-refractivity contribution in [1.29, 1.82) is 0 Å². The number of ether oxygens (including phenoxy) is 1. The van der Waals surface area contributed by atoms with Crippen LogP contribution in [-0.4, -0.2) is 34.8 Å². The van der Waals surface area contributed by atoms with Crippen molar-refractivity contribution in [2.75, 3.05) is 13.2 Å². The van der Waals surface area contributed by atoms with Crippen LogP contribution in [0, 0.1) is 0 Å². The van der Waals surface area contributed by atoms with Gasteiger partial charge < -0.3 is 14.7 Å². The SMILES string of the molecule is CCCCCN1C(=O)C(=O)/C(=C(\O)c2ccc(OCC)c(C(C)C)c2)C1c1ccc(CC)cc1. The first kappa shape index (κ1) is 25.5. The Morgan fingerprint density at radius 1 is 1.03 bits per heavy atom. The third-order valence-corrected chi connectivity index (χ3v) is 6.45. The standard InChI is InChI=1S/C29H37NO4/c1-6-9-10-17-30-26(21-13-11-20(7-2)12-14-21)25(28(32)29(30)33)27(31)22-15-16-24(34-8-3)23(18-22)19(4)5/h11-16,18-19,26,31H,6-10,17H2,1-5H3/b27-25-. The van der Waals surface area contributed by atoms with Crippen LogP contribution in [0.2, 0.25) is 0 Å². The zero-order chi connectivity index (χ0) is 24.8. The normalized spacial score (nSPS) is 17.6. The predicted molar refractivity (Wildman–Crippen MR) is 136 cm³/mol. The van der Waals surface area contributed by atoms with Crippen LogP contribution in [0.5, 0.6) is 5.75 Å². The van der Waals surface area contributed by atoms with Crippen LogP contribution in [-0.2, 0) is 16.0 Å². The molecule has 0 aromatic heterocycles. The zero-order valence-corrected chi connectivity index (χ0v) is 21.1. The van der Waals surface area contributed by atoms with Crippen molar-refractivity contribution in [2.24, 2.45) is 0 Å². The first-order valence-corrected chi connectivity index (χ1v) is 12.5. The first-order chi connectivity index (χ1) is 16.3. The molecule has 1 unspecified atom stereocenters. The number of aliphatic hydroxyl groups is 1. The van der Waals surface area contributed by atoms with Gasteiger partial charge in [0, 0.05) is 12.1 Å². The molecule has 1 amide bonds. The molecule has 1 aliphatic rings. The van der Waals surface area contributed by atoms with Crippen molar-refractivity contribution in [2.45, 2.75) is 72.3 Å². The van der Waals surface area contributed by atoms with E-state index in [4.69, 9.17) is 4.74 Å². The average Bonchev–Trinajstić information content (AvgIpc) is 3.09. The number of carbonyl (C=O) groups excluding carboxylic acids is 2. The maximum Gasteiger partial charge on any atom is 0.295 e. The molecule has 0 radical (unpaired) electrons. The lowest BCUT2D eigenvalue weighted by Crippen LogP contribution is -2.30. The molecule has 0 saturated carbocycles. The molecule has 1 atom stereocenters. The van der Waals surface area contributed by atoms with E-state index in [1.54, 1.807) is 11.0 Å². The summed E-state index contributed by atoms with van der Waals surface area (Å²) in [4.78, 5) is 27.9. The Morgan fingerprint density at radius 2 is 1.74 bits per heavy atom. The fourth-order valence-electron chi connectivity index (χ4n) is 4.51. The van der Waals surface area contributed by atoms with E-state index >= 15 is 0 Å². The summed E-state index contributed by atoms with van der Waals surface area (Å²) >= 11 is 0. The van der Waals surface area contributed by atoms with Gasteiger partial charge in [-0.3, -0.25) is 9.59 Å². The van der Waals surface area contributed by atoms with E-state index in [2.05, 4.69) is 27.7 Å². The summed E-state index contributed by atoms with van der Waals surface area (Å²) in [6.07, 6.45) is 3.71. The molecule has 0 spiro atoms. The van der Waals surface area contributed by atoms with Crippen molar-refractivity contribution >= 4 is 17.4 Å². The highest BCUT2D eigenvalue weighted by atomic mass is 16.5. The second kappa shape index (κ2) is 11.4. The number of hydrogen-bond acceptors (Lipinski definition) is 4. The molecule has 5 nitrogen and oxygen atoms in total. The van der Waals surface area contributed by atoms with Gasteiger partial charge in [0.05, 0.1) is 18.2 Å². The highest BCUT2D eigenvalue weighted by Crippen LogP contribution is 2.40. The molecule has 2 aromatic rings. The highest BCUT2D eigenvalue weighted by Gasteiger charge is 2.45. The Balaban J connectivity index is 2.14. The molecule has 5 heteroatoms. The maximum absolute atomic E-state index is 13.2. The van der Waals surface area contributed by atoms with Gasteiger partial charge in [-0.15, -0.1) is 0 Å². The zero-order valence-electron chi connectivity index (χ0n) is 21.1. The van der Waals surface area contributed by atoms with Crippen molar-refractivity contribution in [3.05, 3.63) is 70.3 Å². The number of unbranched alkanes of at least 4 members (excludes halogenated alkanes) is 2. The molecule has 3 rings (SSSR count). The molecule has 0 bridgehead atoms. The predicted octanol–water partition coefficient (Wildman–Crippen LogP) is 6.38. The summed E-state index contributed by atoms with van der Waals surface area (Å²) in [6.45, 7) is 11.3. The minimum absolute atomic E-state index is 0.133. The molecular weight excluding hydrogens is 426 g/mol. The fourth-order valence-corrected chi connectivity index (χ4v) is 4.51. The van der Waals surface area contributed by atoms with E-state index in [1.165, 1.54) is 5.56 Å². The van der Waals surface area contributed by atoms with E-state index in [9.17, 15) is 14.7 Å². The molecule has 2 aromatic carbocycles. The number of aliphatic hydroxyl groups excluding tert-OH is 1. The van der Waals surface area contributed by atoms with Crippen molar-refractivity contribution < 1.29 is 19.4 Å². The van der Waals surface area contributed by atoms with Crippen LogP contribution in [0.25, 0.3) is 5.76 Å². The third kappa shape index (κ3) is 5.19. The third-order valence-electron chi connectivity index (χ3n) is 6.45. The highest BCUT2D eigenvalue weighted by molar-refractivity contribution is 6.46. The molecule has 1 saturated heterocycles. The van der Waals surface area contributed by atoms with Crippen LogP contribution in [0.15, 0.2) is 48.0 Å². The molecule has 182 valence electrons. The van der Waals surface area contributed by atoms with Crippen LogP contribution in [0.1, 0.15) is 88.1 Å². The first-order valence-electron chi connectivity index (χ1n) is 12.5. The van der Waals surface area contributed by atoms with Crippen LogP contribution in [0.4, 0.5) is 0 Å². The lowest BCUT2D eigenvalue weighted by Gasteiger charge is -2.25. The van der Waals surface area contributed by atoms with Gasteiger partial charge in [0.1, 0.15) is 11.5 Å². The van der Waals surface area contributed by atoms with Gasteiger partial charge in [0.15, 0.2) is 0 Å². The van der Waals surface area contributed by atoms with E-state index in [0.717, 1.165) is 42.6 Å². The number of hydrogen-bond donors (Lipinski definition) is 1. The second-order valence-electron chi connectivity index (χ2n) is 9.14. The fraction of sp³-hybridized carbons (Fsp3) is 0.448. The Morgan fingerprint density at radius 3 is 2.32 bits per heavy atom. The maximum atomic E-state index is 13.2. The van der Waals surface area contributed by atoms with Gasteiger partial charge in [-0.2, -0.15) is 0 Å². The van der Waals surface area contributed by atoms with Gasteiger partial charge in [-0.1, -0.05) is 64.8 Å². The smallest absolute Gasteiger partial charge is 0.295 e. The molecule has 1 N–H and O–H groups in total. The second-order valence-corrected chi connectivity index (χ2v) is 9.14. The number of ketones is 1. The molecular formula is C29H37NO4. The van der Waals surface area contributed by atoms with Crippen LogP contribution >= 0.6 is 0 Å². The minimum atomic E-state index is -0.626. The van der Waals surface area contributed by atoms with Gasteiger partial charge >= 0.3 is 0 Å². The minimum Gasteiger partial charge on any atom is -0.507 e. The number of Topliss-reactive ketones (excluding diaryl/α,β-unsaturated/α-hetero) is 1. The van der Waals surface area contributed by atoms with Crippen molar-refractivity contribution in [3.8, 4) is 5.75 Å². The Hall–Kier alpha value is -3.08. The summed E-state index contributed by atoms with van der Waals surface area (Å²) in [5.74, 6) is -0.370. The average molecular weight is 464 g/mol. The van der Waals surface area contributed by atoms with E-state index < -0.39 is 17.7 Å². The Labute approximate surface area is 203 Å². The molecule has 0 aliphatic carbocycles. The number of benzene rings is 2. The summed E-state index contributed by atoms with van der Waals surface area (Å²) < 4.78 is 5.75. The van der Waals surface area contributed by atoms with Gasteiger partial charge in [-0.05, 0) is 60.6 Å². The summed E-state index contributed by atoms with van der Waals surface area (Å²) in [5, 5.41) is 11.4. The number of rotatable bonds is 10. The van der Waals surface area contributed by atoms with E-state index in [0.29, 0.717) is 18.7 Å². The van der Waals surface area contributed by atoms with E-state index in [1.807, 2.05) is 43.3 Å². The summed E-state index contributed by atoms with van der Waals surface area (Å²) in [6, 6.07) is 12.8. The summed E-state index contributed by atoms with van der Waals surface area (Å²) in [5.41, 5.74) is 3.65. The van der Waals surface area contributed by atoms with Gasteiger partial charge in [0.25, 0.3) is 11.7 Å².